The van der Waals surface area contributed by atoms with Gasteiger partial charge in [-0.1, -0.05) is 24.3 Å². The highest BCUT2D eigenvalue weighted by Crippen LogP contribution is 2.38. The number of carbonyl (C=O) groups is 1. The first-order chi connectivity index (χ1) is 14.3. The summed E-state index contributed by atoms with van der Waals surface area (Å²) in [5.41, 5.74) is 1.51. The number of thioether (sulfide) groups is 1. The van der Waals surface area contributed by atoms with E-state index in [-0.39, 0.29) is 5.91 Å². The molecule has 1 heterocycles. The molecule has 0 aliphatic carbocycles. The summed E-state index contributed by atoms with van der Waals surface area (Å²) in [5, 5.41) is 1.14. The Morgan fingerprint density at radius 3 is 2.80 bits per heavy atom. The number of nitrogens with zero attached hydrogens (tertiary/aromatic N) is 2. The van der Waals surface area contributed by atoms with E-state index in [1.54, 1.807) is 26.3 Å². The van der Waals surface area contributed by atoms with E-state index in [0.29, 0.717) is 38.9 Å². The number of methoxy groups -OCH3 is 1. The van der Waals surface area contributed by atoms with Gasteiger partial charge in [0.25, 0.3) is 5.91 Å². The van der Waals surface area contributed by atoms with Crippen LogP contribution in [-0.2, 0) is 4.79 Å². The Morgan fingerprint density at radius 2 is 2.13 bits per heavy atom. The first-order valence-corrected chi connectivity index (χ1v) is 11.7. The molecule has 9 heteroatoms. The molecule has 1 aliphatic rings. The molecular weight excluding hydrogens is 603 g/mol. The highest BCUT2D eigenvalue weighted by Gasteiger charge is 2.30. The van der Waals surface area contributed by atoms with Crippen LogP contribution in [0.25, 0.3) is 6.08 Å². The van der Waals surface area contributed by atoms with Crippen molar-refractivity contribution in [1.82, 2.24) is 4.90 Å². The minimum atomic E-state index is -0.122. The monoisotopic (exact) mass is 618 g/mol. The van der Waals surface area contributed by atoms with E-state index in [1.807, 2.05) is 30.3 Å². The third-order valence-electron chi connectivity index (χ3n) is 4.03. The van der Waals surface area contributed by atoms with Crippen LogP contribution in [0.2, 0.25) is 5.02 Å². The summed E-state index contributed by atoms with van der Waals surface area (Å²) in [4.78, 5) is 19.4. The van der Waals surface area contributed by atoms with Crippen molar-refractivity contribution in [3.05, 3.63) is 66.5 Å². The van der Waals surface area contributed by atoms with Crippen LogP contribution in [0, 0.1) is 3.57 Å². The molecule has 0 N–H and O–H groups in total. The van der Waals surface area contributed by atoms with Gasteiger partial charge in [-0.2, -0.15) is 0 Å². The van der Waals surface area contributed by atoms with Gasteiger partial charge in [0.15, 0.2) is 16.7 Å². The minimum absolute atomic E-state index is 0.122. The van der Waals surface area contributed by atoms with Gasteiger partial charge in [-0.25, -0.2) is 4.99 Å². The summed E-state index contributed by atoms with van der Waals surface area (Å²) in [5.74, 6) is 1.12. The first-order valence-electron chi connectivity index (χ1n) is 8.66. The van der Waals surface area contributed by atoms with Gasteiger partial charge in [-0.05, 0) is 92.3 Å². The Kier molecular flexibility index (Phi) is 7.89. The standard InChI is InChI=1S/C21H17BrClIN2O3S/c1-4-7-29-19-16(24)8-12(9-17(19)28-3)10-18-20(27)26(2)21(30-18)25-13-5-6-14(22)15(23)11-13/h4-6,8-11H,1,7H2,2-3H3/b18-10+,25-21?. The normalized spacial score (nSPS) is 16.4. The highest BCUT2D eigenvalue weighted by atomic mass is 127. The molecule has 156 valence electrons. The topological polar surface area (TPSA) is 51.1 Å². The van der Waals surface area contributed by atoms with E-state index in [2.05, 4.69) is 50.1 Å². The van der Waals surface area contributed by atoms with E-state index >= 15 is 0 Å². The molecule has 0 unspecified atom stereocenters. The Labute approximate surface area is 206 Å². The van der Waals surface area contributed by atoms with Crippen molar-refractivity contribution in [2.45, 2.75) is 0 Å². The van der Waals surface area contributed by atoms with Crippen LogP contribution in [0.4, 0.5) is 5.69 Å². The Morgan fingerprint density at radius 1 is 1.37 bits per heavy atom. The van der Waals surface area contributed by atoms with E-state index < -0.39 is 0 Å². The highest BCUT2D eigenvalue weighted by molar-refractivity contribution is 14.1. The number of hydrogen-bond donors (Lipinski definition) is 0. The Hall–Kier alpha value is -1.49. The molecule has 2 aromatic rings. The van der Waals surface area contributed by atoms with Crippen molar-refractivity contribution in [2.75, 3.05) is 20.8 Å². The molecule has 0 bridgehead atoms. The van der Waals surface area contributed by atoms with Crippen LogP contribution in [-0.4, -0.2) is 36.7 Å². The zero-order valence-electron chi connectivity index (χ0n) is 16.1. The second kappa shape index (κ2) is 10.2. The lowest BCUT2D eigenvalue weighted by molar-refractivity contribution is -0.121. The van der Waals surface area contributed by atoms with E-state index in [0.717, 1.165) is 13.6 Å². The van der Waals surface area contributed by atoms with Gasteiger partial charge in [0.1, 0.15) is 6.61 Å². The van der Waals surface area contributed by atoms with Crippen LogP contribution in [0.15, 0.2) is 57.4 Å². The summed E-state index contributed by atoms with van der Waals surface area (Å²) in [7, 11) is 3.28. The molecule has 1 fully saturated rings. The fourth-order valence-electron chi connectivity index (χ4n) is 2.57. The van der Waals surface area contributed by atoms with Gasteiger partial charge in [0.2, 0.25) is 0 Å². The van der Waals surface area contributed by atoms with Gasteiger partial charge in [-0.3, -0.25) is 9.69 Å². The lowest BCUT2D eigenvalue weighted by Gasteiger charge is -2.12. The third-order valence-corrected chi connectivity index (χ3v) is 7.12. The maximum absolute atomic E-state index is 12.7. The van der Waals surface area contributed by atoms with Crippen molar-refractivity contribution in [1.29, 1.82) is 0 Å². The Balaban J connectivity index is 1.91. The van der Waals surface area contributed by atoms with Crippen LogP contribution < -0.4 is 9.47 Å². The summed E-state index contributed by atoms with van der Waals surface area (Å²) >= 11 is 13.0. The number of halogens is 3. The smallest absolute Gasteiger partial charge is 0.266 e. The number of amidine groups is 1. The van der Waals surface area contributed by atoms with Crippen LogP contribution >= 0.6 is 61.9 Å². The van der Waals surface area contributed by atoms with E-state index in [9.17, 15) is 4.79 Å². The lowest BCUT2D eigenvalue weighted by atomic mass is 10.2. The van der Waals surface area contributed by atoms with Crippen LogP contribution in [0.1, 0.15) is 5.56 Å². The van der Waals surface area contributed by atoms with Gasteiger partial charge in [0, 0.05) is 11.5 Å². The predicted octanol–water partition coefficient (Wildman–Crippen LogP) is 6.51. The van der Waals surface area contributed by atoms with Crippen molar-refractivity contribution in [3.63, 3.8) is 0 Å². The van der Waals surface area contributed by atoms with Gasteiger partial charge >= 0.3 is 0 Å². The third kappa shape index (κ3) is 5.22. The molecule has 5 nitrogen and oxygen atoms in total. The average Bonchev–Trinajstić information content (AvgIpc) is 2.97. The zero-order valence-corrected chi connectivity index (χ0v) is 21.4. The van der Waals surface area contributed by atoms with Gasteiger partial charge in [-0.15, -0.1) is 0 Å². The molecule has 1 aliphatic heterocycles. The number of ether oxygens (including phenoxy) is 2. The van der Waals surface area contributed by atoms with Crippen molar-refractivity contribution in [3.8, 4) is 11.5 Å². The van der Waals surface area contributed by atoms with Crippen molar-refractivity contribution >= 4 is 84.7 Å². The second-order valence-corrected chi connectivity index (χ2v) is 9.53. The zero-order chi connectivity index (χ0) is 21.8. The summed E-state index contributed by atoms with van der Waals surface area (Å²) < 4.78 is 12.8. The number of benzene rings is 2. The van der Waals surface area contributed by atoms with E-state index in [4.69, 9.17) is 21.1 Å². The molecule has 0 atom stereocenters. The maximum atomic E-state index is 12.7. The maximum Gasteiger partial charge on any atom is 0.266 e. The molecule has 0 spiro atoms. The number of amides is 1. The van der Waals surface area contributed by atoms with E-state index in [1.165, 1.54) is 16.7 Å². The fraction of sp³-hybridized carbons (Fsp3) is 0.143. The van der Waals surface area contributed by atoms with Crippen molar-refractivity contribution in [2.24, 2.45) is 4.99 Å². The molecule has 0 saturated carbocycles. The molecule has 0 radical (unpaired) electrons. The second-order valence-electron chi connectivity index (χ2n) is 6.10. The number of aliphatic imine (C=N–C) groups is 1. The summed E-state index contributed by atoms with van der Waals surface area (Å²) in [6.45, 7) is 4.05. The SMILES string of the molecule is C=CCOc1c(I)cc(/C=C2/SC(=Nc3ccc(Br)c(Cl)c3)N(C)C2=O)cc1OC. The molecule has 30 heavy (non-hydrogen) atoms. The van der Waals surface area contributed by atoms with Gasteiger partial charge < -0.3 is 9.47 Å². The fourth-order valence-corrected chi connectivity index (χ4v) is 4.76. The molecule has 1 amide bonds. The van der Waals surface area contributed by atoms with Crippen LogP contribution in [0.3, 0.4) is 0 Å². The quantitative estimate of drug-likeness (QED) is 0.210. The largest absolute Gasteiger partial charge is 0.493 e. The number of rotatable bonds is 6. The Bertz CT molecular complexity index is 1070. The average molecular weight is 620 g/mol. The lowest BCUT2D eigenvalue weighted by Crippen LogP contribution is -2.23. The number of likely N-dealkylation sites (N-methyl/N-ethyl adjacent to an activating group) is 1. The first kappa shape index (κ1) is 23.2. The molecule has 1 saturated heterocycles. The molecular formula is C21H17BrClIN2O3S. The number of hydrogen-bond acceptors (Lipinski definition) is 5. The molecule has 2 aromatic carbocycles. The summed E-state index contributed by atoms with van der Waals surface area (Å²) in [6.07, 6.45) is 3.50. The molecule has 3 rings (SSSR count). The molecule has 0 aromatic heterocycles. The predicted molar refractivity (Wildman–Crippen MR) is 136 cm³/mol. The number of carbonyl (C=O) groups excluding carboxylic acids is 1. The van der Waals surface area contributed by atoms with Crippen molar-refractivity contribution < 1.29 is 14.3 Å². The van der Waals surface area contributed by atoms with Gasteiger partial charge in [0.05, 0.1) is 26.3 Å². The minimum Gasteiger partial charge on any atom is -0.493 e. The van der Waals surface area contributed by atoms with Crippen LogP contribution in [0.5, 0.6) is 11.5 Å². The summed E-state index contributed by atoms with van der Waals surface area (Å²) in [6, 6.07) is 9.17.